The summed E-state index contributed by atoms with van der Waals surface area (Å²) in [6, 6.07) is 8.23. The minimum absolute atomic E-state index is 0.0426. The maximum atomic E-state index is 12.6. The molecule has 1 aliphatic rings. The van der Waals surface area contributed by atoms with Gasteiger partial charge in [-0.25, -0.2) is 0 Å². The van der Waals surface area contributed by atoms with Crippen molar-refractivity contribution in [3.63, 3.8) is 0 Å². The highest BCUT2D eigenvalue weighted by Gasteiger charge is 2.28. The third-order valence-electron chi connectivity index (χ3n) is 5.46. The summed E-state index contributed by atoms with van der Waals surface area (Å²) < 4.78 is 0. The van der Waals surface area contributed by atoms with Crippen LogP contribution in [0.2, 0.25) is 0 Å². The van der Waals surface area contributed by atoms with Gasteiger partial charge in [-0.1, -0.05) is 36.8 Å². The number of carboxylic acids is 1. The molecule has 1 heterocycles. The molecule has 6 nitrogen and oxygen atoms in total. The van der Waals surface area contributed by atoms with Crippen LogP contribution in [0, 0.1) is 12.8 Å². The van der Waals surface area contributed by atoms with E-state index in [1.165, 1.54) is 10.5 Å². The highest BCUT2D eigenvalue weighted by molar-refractivity contribution is 5.85. The van der Waals surface area contributed by atoms with Crippen LogP contribution in [0.4, 0.5) is 0 Å². The second-order valence-corrected chi connectivity index (χ2v) is 7.46. The lowest BCUT2D eigenvalue weighted by Crippen LogP contribution is -2.45. The van der Waals surface area contributed by atoms with Crippen molar-refractivity contribution in [2.24, 2.45) is 5.92 Å². The lowest BCUT2D eigenvalue weighted by molar-refractivity contribution is -0.146. The van der Waals surface area contributed by atoms with E-state index >= 15 is 0 Å². The summed E-state index contributed by atoms with van der Waals surface area (Å²) in [5.41, 5.74) is 2.33. The third kappa shape index (κ3) is 5.81. The Hall–Kier alpha value is -2.37. The van der Waals surface area contributed by atoms with Gasteiger partial charge >= 0.3 is 5.97 Å². The highest BCUT2D eigenvalue weighted by Crippen LogP contribution is 2.24. The molecule has 2 rings (SSSR count). The number of hydrogen-bond acceptors (Lipinski definition) is 3. The van der Waals surface area contributed by atoms with Gasteiger partial charge in [0.15, 0.2) is 0 Å². The number of likely N-dealkylation sites (N-methyl/N-ethyl adjacent to an activating group) is 1. The Labute approximate surface area is 161 Å². The van der Waals surface area contributed by atoms with Crippen LogP contribution in [-0.2, 0) is 14.4 Å². The normalized spacial score (nSPS) is 16.0. The molecule has 0 aromatic heterocycles. The lowest BCUT2D eigenvalue weighted by Gasteiger charge is -2.31. The maximum Gasteiger partial charge on any atom is 0.306 e. The number of carbonyl (C=O) groups excluding carboxylic acids is 2. The molecular formula is C21H30N2O4. The molecule has 1 unspecified atom stereocenters. The molecule has 0 saturated carbocycles. The van der Waals surface area contributed by atoms with Crippen LogP contribution in [-0.4, -0.2) is 59.4 Å². The summed E-state index contributed by atoms with van der Waals surface area (Å²) in [7, 11) is 1.66. The fourth-order valence-electron chi connectivity index (χ4n) is 3.47. The van der Waals surface area contributed by atoms with Crippen LogP contribution in [0.15, 0.2) is 24.3 Å². The molecule has 1 aromatic carbocycles. The molecule has 1 fully saturated rings. The van der Waals surface area contributed by atoms with E-state index in [0.717, 1.165) is 12.0 Å². The van der Waals surface area contributed by atoms with Gasteiger partial charge in [0.1, 0.15) is 0 Å². The van der Waals surface area contributed by atoms with Crippen LogP contribution in [0.3, 0.4) is 0 Å². The van der Waals surface area contributed by atoms with E-state index in [1.807, 2.05) is 6.92 Å². The summed E-state index contributed by atoms with van der Waals surface area (Å²) in [4.78, 5) is 39.2. The highest BCUT2D eigenvalue weighted by atomic mass is 16.4. The molecular weight excluding hydrogens is 344 g/mol. The Kier molecular flexibility index (Phi) is 7.39. The average Bonchev–Trinajstić information content (AvgIpc) is 2.66. The van der Waals surface area contributed by atoms with E-state index in [0.29, 0.717) is 32.4 Å². The Morgan fingerprint density at radius 2 is 1.78 bits per heavy atom. The minimum Gasteiger partial charge on any atom is -0.481 e. The Morgan fingerprint density at radius 1 is 1.19 bits per heavy atom. The molecule has 1 saturated heterocycles. The van der Waals surface area contributed by atoms with Gasteiger partial charge in [0.05, 0.1) is 12.5 Å². The zero-order valence-corrected chi connectivity index (χ0v) is 16.5. The number of benzene rings is 1. The first-order chi connectivity index (χ1) is 12.8. The predicted octanol–water partition coefficient (Wildman–Crippen LogP) is 2.66. The molecule has 0 spiro atoms. The second-order valence-electron chi connectivity index (χ2n) is 7.46. The lowest BCUT2D eigenvalue weighted by atomic mass is 9.92. The third-order valence-corrected chi connectivity index (χ3v) is 5.46. The number of nitrogens with zero attached hydrogens (tertiary/aromatic N) is 2. The number of aryl methyl sites for hydroxylation is 1. The van der Waals surface area contributed by atoms with Crippen LogP contribution in [0.1, 0.15) is 49.7 Å². The number of carbonyl (C=O) groups is 3. The summed E-state index contributed by atoms with van der Waals surface area (Å²) in [6.07, 6.45) is 2.19. The zero-order valence-electron chi connectivity index (χ0n) is 16.5. The fraction of sp³-hybridized carbons (Fsp3) is 0.571. The van der Waals surface area contributed by atoms with Gasteiger partial charge in [-0.05, 0) is 37.7 Å². The molecule has 1 N–H and O–H groups in total. The van der Waals surface area contributed by atoms with Gasteiger partial charge in [-0.3, -0.25) is 14.4 Å². The van der Waals surface area contributed by atoms with E-state index in [9.17, 15) is 14.4 Å². The van der Waals surface area contributed by atoms with Crippen molar-refractivity contribution in [3.05, 3.63) is 35.4 Å². The minimum atomic E-state index is -0.795. The standard InChI is InChI=1S/C21H30N2O4/c1-4-16(17-7-5-15(2)6-8-17)13-19(24)22(3)14-20(25)23-11-9-18(10-12-23)21(26)27/h5-8,16,18H,4,9-14H2,1-3H3,(H,26,27). The van der Waals surface area contributed by atoms with Gasteiger partial charge < -0.3 is 14.9 Å². The SMILES string of the molecule is CCC(CC(=O)N(C)CC(=O)N1CCC(C(=O)O)CC1)c1ccc(C)cc1. The Bertz CT molecular complexity index is 663. The summed E-state index contributed by atoms with van der Waals surface area (Å²) >= 11 is 0. The van der Waals surface area contributed by atoms with Crippen molar-refractivity contribution in [1.82, 2.24) is 9.80 Å². The monoisotopic (exact) mass is 374 g/mol. The molecule has 2 amide bonds. The number of likely N-dealkylation sites (tertiary alicyclic amines) is 1. The van der Waals surface area contributed by atoms with Gasteiger partial charge in [-0.2, -0.15) is 0 Å². The summed E-state index contributed by atoms with van der Waals surface area (Å²) in [5.74, 6) is -1.18. The summed E-state index contributed by atoms with van der Waals surface area (Å²) in [6.45, 7) is 5.03. The van der Waals surface area contributed by atoms with E-state index in [4.69, 9.17) is 5.11 Å². The van der Waals surface area contributed by atoms with Crippen molar-refractivity contribution >= 4 is 17.8 Å². The summed E-state index contributed by atoms with van der Waals surface area (Å²) in [5, 5.41) is 9.04. The Morgan fingerprint density at radius 3 is 2.30 bits per heavy atom. The van der Waals surface area contributed by atoms with Crippen molar-refractivity contribution in [2.45, 2.75) is 45.4 Å². The van der Waals surface area contributed by atoms with E-state index in [2.05, 4.69) is 31.2 Å². The van der Waals surface area contributed by atoms with Crippen LogP contribution < -0.4 is 0 Å². The van der Waals surface area contributed by atoms with Gasteiger partial charge in [0.2, 0.25) is 11.8 Å². The van der Waals surface area contributed by atoms with E-state index in [-0.39, 0.29) is 30.2 Å². The van der Waals surface area contributed by atoms with E-state index < -0.39 is 5.97 Å². The largest absolute Gasteiger partial charge is 0.481 e. The fourth-order valence-corrected chi connectivity index (χ4v) is 3.47. The molecule has 1 atom stereocenters. The predicted molar refractivity (Wildman–Crippen MR) is 103 cm³/mol. The van der Waals surface area contributed by atoms with E-state index in [1.54, 1.807) is 11.9 Å². The van der Waals surface area contributed by atoms with Crippen molar-refractivity contribution in [2.75, 3.05) is 26.7 Å². The molecule has 0 bridgehead atoms. The molecule has 1 aliphatic heterocycles. The first-order valence-electron chi connectivity index (χ1n) is 9.63. The number of carboxylic acid groups (broad SMARTS) is 1. The number of piperidine rings is 1. The van der Waals surface area contributed by atoms with Crippen LogP contribution >= 0.6 is 0 Å². The smallest absolute Gasteiger partial charge is 0.306 e. The molecule has 27 heavy (non-hydrogen) atoms. The zero-order chi connectivity index (χ0) is 20.0. The van der Waals surface area contributed by atoms with Crippen LogP contribution in [0.25, 0.3) is 0 Å². The van der Waals surface area contributed by atoms with Crippen molar-refractivity contribution in [3.8, 4) is 0 Å². The van der Waals surface area contributed by atoms with Crippen molar-refractivity contribution in [1.29, 1.82) is 0 Å². The molecule has 0 aliphatic carbocycles. The first kappa shape index (κ1) is 20.9. The topological polar surface area (TPSA) is 77.9 Å². The van der Waals surface area contributed by atoms with Gasteiger partial charge in [0.25, 0.3) is 0 Å². The first-order valence-corrected chi connectivity index (χ1v) is 9.63. The number of hydrogen-bond donors (Lipinski definition) is 1. The number of amides is 2. The maximum absolute atomic E-state index is 12.6. The van der Waals surface area contributed by atoms with Crippen molar-refractivity contribution < 1.29 is 19.5 Å². The number of aliphatic carboxylic acids is 1. The molecule has 1 aromatic rings. The average molecular weight is 374 g/mol. The molecule has 6 heteroatoms. The quantitative estimate of drug-likeness (QED) is 0.796. The Balaban J connectivity index is 1.86. The molecule has 0 radical (unpaired) electrons. The number of rotatable bonds is 7. The molecule has 148 valence electrons. The second kappa shape index (κ2) is 9.53. The van der Waals surface area contributed by atoms with Gasteiger partial charge in [0, 0.05) is 26.6 Å². The van der Waals surface area contributed by atoms with Crippen LogP contribution in [0.5, 0.6) is 0 Å². The van der Waals surface area contributed by atoms with Gasteiger partial charge in [-0.15, -0.1) is 0 Å².